The van der Waals surface area contributed by atoms with E-state index in [9.17, 15) is 4.79 Å². The number of carbonyl (C=O) groups is 1. The molecule has 6 nitrogen and oxygen atoms in total. The number of benzene rings is 1. The van der Waals surface area contributed by atoms with Crippen molar-refractivity contribution in [3.63, 3.8) is 0 Å². The van der Waals surface area contributed by atoms with Gasteiger partial charge < -0.3 is 4.74 Å². The van der Waals surface area contributed by atoms with Crippen LogP contribution in [0.5, 0.6) is 0 Å². The van der Waals surface area contributed by atoms with Gasteiger partial charge in [-0.05, 0) is 24.6 Å². The van der Waals surface area contributed by atoms with Crippen LogP contribution in [0.1, 0.15) is 15.9 Å². The summed E-state index contributed by atoms with van der Waals surface area (Å²) in [6.45, 7) is 1.91. The summed E-state index contributed by atoms with van der Waals surface area (Å²) in [5.74, 6) is -0.576. The molecule has 0 aliphatic carbocycles. The molecule has 0 unspecified atom stereocenters. The summed E-state index contributed by atoms with van der Waals surface area (Å²) in [4.78, 5) is 18.5. The summed E-state index contributed by atoms with van der Waals surface area (Å²) in [6.07, 6.45) is 1.35. The highest BCUT2D eigenvalue weighted by Crippen LogP contribution is 2.30. The topological polar surface area (TPSA) is 88.0 Å². The molecule has 0 N–H and O–H groups in total. The molecular formula is C12H10N4O2. The Morgan fingerprint density at radius 2 is 2.28 bits per heavy atom. The first-order valence-corrected chi connectivity index (χ1v) is 5.20. The molecule has 18 heavy (non-hydrogen) atoms. The number of pyridine rings is 1. The number of fused-ring (bicyclic) bond motifs is 1. The molecule has 0 saturated carbocycles. The number of hydrogen-bond donors (Lipinski definition) is 0. The summed E-state index contributed by atoms with van der Waals surface area (Å²) in [5, 5.41) is 4.22. The van der Waals surface area contributed by atoms with Crippen LogP contribution < -0.4 is 0 Å². The van der Waals surface area contributed by atoms with Crippen molar-refractivity contribution >= 4 is 22.6 Å². The molecule has 1 aromatic carbocycles. The molecule has 6 heteroatoms. The molecular weight excluding hydrogens is 232 g/mol. The highest BCUT2D eigenvalue weighted by molar-refractivity contribution is 6.03. The number of ether oxygens (including phenoxy) is 1. The van der Waals surface area contributed by atoms with E-state index < -0.39 is 5.97 Å². The lowest BCUT2D eigenvalue weighted by Gasteiger charge is -2.07. The van der Waals surface area contributed by atoms with Gasteiger partial charge in [0.25, 0.3) is 0 Å². The lowest BCUT2D eigenvalue weighted by atomic mass is 10.1. The molecule has 0 saturated heterocycles. The van der Waals surface area contributed by atoms with Gasteiger partial charge in [0.2, 0.25) is 0 Å². The van der Waals surface area contributed by atoms with E-state index in [4.69, 9.17) is 5.53 Å². The standard InChI is InChI=1S/C12H10N4O2/c1-7-3-4-10-8(5-7)11(15-16-13)9(6-14-10)12(17)18-2/h3-6H,1-2H3. The Bertz CT molecular complexity index is 675. The molecule has 0 aliphatic heterocycles. The van der Waals surface area contributed by atoms with E-state index in [1.54, 1.807) is 0 Å². The zero-order chi connectivity index (χ0) is 13.1. The Hall–Kier alpha value is -2.59. The number of esters is 1. The third-order valence-electron chi connectivity index (χ3n) is 2.55. The maximum absolute atomic E-state index is 11.6. The largest absolute Gasteiger partial charge is 0.465 e. The molecule has 1 aromatic heterocycles. The third kappa shape index (κ3) is 1.97. The number of carbonyl (C=O) groups excluding carboxylic acids is 1. The van der Waals surface area contributed by atoms with Crippen LogP contribution in [0.4, 0.5) is 5.69 Å². The average molecular weight is 242 g/mol. The Morgan fingerprint density at radius 3 is 2.94 bits per heavy atom. The third-order valence-corrected chi connectivity index (χ3v) is 2.55. The summed E-state index contributed by atoms with van der Waals surface area (Å²) >= 11 is 0. The van der Waals surface area contributed by atoms with Crippen molar-refractivity contribution in [1.29, 1.82) is 0 Å². The van der Waals surface area contributed by atoms with E-state index in [-0.39, 0.29) is 11.3 Å². The van der Waals surface area contributed by atoms with Crippen LogP contribution in [-0.2, 0) is 4.74 Å². The van der Waals surface area contributed by atoms with Crippen LogP contribution in [0.2, 0.25) is 0 Å². The first-order valence-electron chi connectivity index (χ1n) is 5.20. The minimum Gasteiger partial charge on any atom is -0.465 e. The van der Waals surface area contributed by atoms with Gasteiger partial charge >= 0.3 is 5.97 Å². The van der Waals surface area contributed by atoms with Crippen molar-refractivity contribution in [3.8, 4) is 0 Å². The molecule has 0 bridgehead atoms. The van der Waals surface area contributed by atoms with Gasteiger partial charge in [-0.3, -0.25) is 4.98 Å². The Kier molecular flexibility index (Phi) is 3.12. The predicted octanol–water partition coefficient (Wildman–Crippen LogP) is 3.27. The highest BCUT2D eigenvalue weighted by Gasteiger charge is 2.14. The maximum Gasteiger partial charge on any atom is 0.339 e. The van der Waals surface area contributed by atoms with Gasteiger partial charge in [0.05, 0.1) is 23.9 Å². The zero-order valence-electron chi connectivity index (χ0n) is 9.91. The molecule has 0 atom stereocenters. The number of azide groups is 1. The molecule has 0 fully saturated rings. The molecule has 90 valence electrons. The van der Waals surface area contributed by atoms with Crippen LogP contribution in [-0.4, -0.2) is 18.1 Å². The van der Waals surface area contributed by atoms with Crippen LogP contribution in [0, 0.1) is 6.92 Å². The van der Waals surface area contributed by atoms with Crippen molar-refractivity contribution in [2.75, 3.05) is 7.11 Å². The van der Waals surface area contributed by atoms with Gasteiger partial charge in [0.15, 0.2) is 0 Å². The monoisotopic (exact) mass is 242 g/mol. The molecule has 0 radical (unpaired) electrons. The fourth-order valence-electron chi connectivity index (χ4n) is 1.70. The van der Waals surface area contributed by atoms with Crippen molar-refractivity contribution < 1.29 is 9.53 Å². The SMILES string of the molecule is COC(=O)c1cnc2ccc(C)cc2c1N=[N+]=[N-]. The van der Waals surface area contributed by atoms with Gasteiger partial charge in [0, 0.05) is 16.5 Å². The van der Waals surface area contributed by atoms with E-state index in [2.05, 4.69) is 19.7 Å². The second kappa shape index (κ2) is 4.73. The van der Waals surface area contributed by atoms with Crippen LogP contribution in [0.25, 0.3) is 21.3 Å². The summed E-state index contributed by atoms with van der Waals surface area (Å²) in [6, 6.07) is 5.52. The summed E-state index contributed by atoms with van der Waals surface area (Å²) in [7, 11) is 1.27. The second-order valence-corrected chi connectivity index (χ2v) is 3.72. The summed E-state index contributed by atoms with van der Waals surface area (Å²) in [5.41, 5.74) is 10.7. The number of aromatic nitrogens is 1. The van der Waals surface area contributed by atoms with Gasteiger partial charge in [0.1, 0.15) is 0 Å². The van der Waals surface area contributed by atoms with E-state index in [1.165, 1.54) is 13.3 Å². The fourth-order valence-corrected chi connectivity index (χ4v) is 1.70. The van der Waals surface area contributed by atoms with Gasteiger partial charge in [-0.25, -0.2) is 4.79 Å². The fraction of sp³-hybridized carbons (Fsp3) is 0.167. The lowest BCUT2D eigenvalue weighted by Crippen LogP contribution is -2.02. The molecule has 1 heterocycles. The Balaban J connectivity index is 2.84. The lowest BCUT2D eigenvalue weighted by molar-refractivity contribution is 0.0601. The van der Waals surface area contributed by atoms with E-state index >= 15 is 0 Å². The average Bonchev–Trinajstić information content (AvgIpc) is 2.38. The van der Waals surface area contributed by atoms with Crippen LogP contribution in [0.15, 0.2) is 29.5 Å². The van der Waals surface area contributed by atoms with E-state index in [0.29, 0.717) is 10.9 Å². The van der Waals surface area contributed by atoms with Crippen LogP contribution >= 0.6 is 0 Å². The number of hydrogen-bond acceptors (Lipinski definition) is 4. The Labute approximate surface area is 103 Å². The molecule has 0 aliphatic rings. The van der Waals surface area contributed by atoms with E-state index in [1.807, 2.05) is 25.1 Å². The smallest absolute Gasteiger partial charge is 0.339 e. The zero-order valence-corrected chi connectivity index (χ0v) is 9.91. The Morgan fingerprint density at radius 1 is 1.50 bits per heavy atom. The van der Waals surface area contributed by atoms with Crippen LogP contribution in [0.3, 0.4) is 0 Å². The highest BCUT2D eigenvalue weighted by atomic mass is 16.5. The first-order chi connectivity index (χ1) is 8.67. The van der Waals surface area contributed by atoms with Gasteiger partial charge in [-0.1, -0.05) is 16.7 Å². The molecule has 2 rings (SSSR count). The first kappa shape index (κ1) is 11.9. The maximum atomic E-state index is 11.6. The minimum absolute atomic E-state index is 0.161. The van der Waals surface area contributed by atoms with Gasteiger partial charge in [-0.2, -0.15) is 0 Å². The van der Waals surface area contributed by atoms with Crippen molar-refractivity contribution in [2.24, 2.45) is 5.11 Å². The molecule has 0 spiro atoms. The van der Waals surface area contributed by atoms with Crippen molar-refractivity contribution in [2.45, 2.75) is 6.92 Å². The number of methoxy groups -OCH3 is 1. The predicted molar refractivity (Wildman–Crippen MR) is 66.6 cm³/mol. The minimum atomic E-state index is -0.576. The summed E-state index contributed by atoms with van der Waals surface area (Å²) < 4.78 is 4.64. The quantitative estimate of drug-likeness (QED) is 0.350. The second-order valence-electron chi connectivity index (χ2n) is 3.72. The van der Waals surface area contributed by atoms with E-state index in [0.717, 1.165) is 5.56 Å². The normalized spacial score (nSPS) is 9.89. The van der Waals surface area contributed by atoms with Gasteiger partial charge in [-0.15, -0.1) is 0 Å². The molecule has 2 aromatic rings. The van der Waals surface area contributed by atoms with Crippen molar-refractivity contribution in [3.05, 3.63) is 46.0 Å². The van der Waals surface area contributed by atoms with Crippen molar-refractivity contribution in [1.82, 2.24) is 4.98 Å². The molecule has 0 amide bonds. The number of aryl methyl sites for hydroxylation is 1. The number of nitrogens with zero attached hydrogens (tertiary/aromatic N) is 4. The number of rotatable bonds is 2.